The summed E-state index contributed by atoms with van der Waals surface area (Å²) in [6, 6.07) is 0.552. The van der Waals surface area contributed by atoms with Crippen LogP contribution in [-0.4, -0.2) is 27.4 Å². The number of ether oxygens (including phenoxy) is 1. The molecule has 1 atom stereocenters. The van der Waals surface area contributed by atoms with Gasteiger partial charge in [-0.3, -0.25) is 0 Å². The Hall–Kier alpha value is -0.870. The summed E-state index contributed by atoms with van der Waals surface area (Å²) in [5.41, 5.74) is 0.873. The van der Waals surface area contributed by atoms with E-state index in [0.717, 1.165) is 5.69 Å². The van der Waals surface area contributed by atoms with E-state index < -0.39 is 6.10 Å². The Balaban J connectivity index is 1.98. The second-order valence-corrected chi connectivity index (χ2v) is 4.35. The van der Waals surface area contributed by atoms with E-state index in [1.165, 1.54) is 12.8 Å². The lowest BCUT2D eigenvalue weighted by Crippen LogP contribution is -2.14. The molecule has 4 nitrogen and oxygen atoms in total. The maximum Gasteiger partial charge on any atom is 0.119 e. The third-order valence-electron chi connectivity index (χ3n) is 2.57. The molecule has 84 valence electrons. The summed E-state index contributed by atoms with van der Waals surface area (Å²) in [5.74, 6) is 0. The van der Waals surface area contributed by atoms with Crippen LogP contribution in [-0.2, 0) is 4.74 Å². The minimum Gasteiger partial charge on any atom is -0.384 e. The SMILES string of the molecule is CC(C)OCC(O)c1cncn1C1CC1. The van der Waals surface area contributed by atoms with E-state index in [1.807, 2.05) is 13.8 Å². The smallest absolute Gasteiger partial charge is 0.119 e. The van der Waals surface area contributed by atoms with Gasteiger partial charge in [-0.15, -0.1) is 0 Å². The van der Waals surface area contributed by atoms with Crippen molar-refractivity contribution in [1.82, 2.24) is 9.55 Å². The number of nitrogens with zero attached hydrogens (tertiary/aromatic N) is 2. The van der Waals surface area contributed by atoms with Crippen molar-refractivity contribution in [3.63, 3.8) is 0 Å². The van der Waals surface area contributed by atoms with E-state index in [0.29, 0.717) is 12.6 Å². The van der Waals surface area contributed by atoms with Gasteiger partial charge in [0.1, 0.15) is 6.10 Å². The number of aromatic nitrogens is 2. The summed E-state index contributed by atoms with van der Waals surface area (Å²) in [7, 11) is 0. The average Bonchev–Trinajstić information content (AvgIpc) is 2.93. The Labute approximate surface area is 89.9 Å². The molecule has 1 saturated carbocycles. The zero-order chi connectivity index (χ0) is 10.8. The lowest BCUT2D eigenvalue weighted by atomic mass is 10.3. The molecule has 0 aromatic carbocycles. The maximum absolute atomic E-state index is 9.93. The zero-order valence-corrected chi connectivity index (χ0v) is 9.26. The van der Waals surface area contributed by atoms with Crippen LogP contribution in [0.25, 0.3) is 0 Å². The van der Waals surface area contributed by atoms with Gasteiger partial charge in [-0.1, -0.05) is 0 Å². The molecule has 1 aliphatic carbocycles. The predicted molar refractivity (Wildman–Crippen MR) is 56.5 cm³/mol. The second-order valence-electron chi connectivity index (χ2n) is 4.35. The highest BCUT2D eigenvalue weighted by Crippen LogP contribution is 2.36. The van der Waals surface area contributed by atoms with Gasteiger partial charge >= 0.3 is 0 Å². The van der Waals surface area contributed by atoms with Crippen LogP contribution in [0.3, 0.4) is 0 Å². The van der Waals surface area contributed by atoms with Crippen LogP contribution in [0.2, 0.25) is 0 Å². The van der Waals surface area contributed by atoms with Crippen LogP contribution in [0.15, 0.2) is 12.5 Å². The van der Waals surface area contributed by atoms with Crippen molar-refractivity contribution in [2.75, 3.05) is 6.61 Å². The molecule has 0 aliphatic heterocycles. The number of imidazole rings is 1. The monoisotopic (exact) mass is 210 g/mol. The molecule has 1 aromatic heterocycles. The lowest BCUT2D eigenvalue weighted by molar-refractivity contribution is 0.00187. The molecule has 1 N–H and O–H groups in total. The van der Waals surface area contributed by atoms with E-state index >= 15 is 0 Å². The van der Waals surface area contributed by atoms with Crippen LogP contribution in [0.1, 0.15) is 44.5 Å². The third kappa shape index (κ3) is 2.58. The summed E-state index contributed by atoms with van der Waals surface area (Å²) >= 11 is 0. The lowest BCUT2D eigenvalue weighted by Gasteiger charge is -2.15. The third-order valence-corrected chi connectivity index (χ3v) is 2.57. The number of rotatable bonds is 5. The number of aliphatic hydroxyl groups excluding tert-OH is 1. The van der Waals surface area contributed by atoms with Crippen LogP contribution in [0.4, 0.5) is 0 Å². The number of aliphatic hydroxyl groups is 1. The van der Waals surface area contributed by atoms with Gasteiger partial charge in [0, 0.05) is 6.04 Å². The molecule has 15 heavy (non-hydrogen) atoms. The fourth-order valence-electron chi connectivity index (χ4n) is 1.60. The molecule has 1 unspecified atom stereocenters. The normalized spacial score (nSPS) is 18.4. The summed E-state index contributed by atoms with van der Waals surface area (Å²) in [6.45, 7) is 4.27. The van der Waals surface area contributed by atoms with Gasteiger partial charge in [-0.25, -0.2) is 4.98 Å². The standard InChI is InChI=1S/C11H18N2O2/c1-8(2)15-6-11(14)10-5-12-7-13(10)9-3-4-9/h5,7-9,11,14H,3-4,6H2,1-2H3. The van der Waals surface area contributed by atoms with Crippen molar-refractivity contribution in [2.24, 2.45) is 0 Å². The Morgan fingerprint density at radius 3 is 2.93 bits per heavy atom. The Kier molecular flexibility index (Phi) is 3.07. The zero-order valence-electron chi connectivity index (χ0n) is 9.26. The van der Waals surface area contributed by atoms with Crippen LogP contribution < -0.4 is 0 Å². The van der Waals surface area contributed by atoms with Crippen LogP contribution in [0.5, 0.6) is 0 Å². The van der Waals surface area contributed by atoms with Crippen molar-refractivity contribution >= 4 is 0 Å². The average molecular weight is 210 g/mol. The van der Waals surface area contributed by atoms with Gasteiger partial charge in [0.2, 0.25) is 0 Å². The van der Waals surface area contributed by atoms with E-state index in [2.05, 4.69) is 9.55 Å². The summed E-state index contributed by atoms with van der Waals surface area (Å²) < 4.78 is 7.46. The first kappa shape index (κ1) is 10.6. The van der Waals surface area contributed by atoms with E-state index in [4.69, 9.17) is 4.74 Å². The van der Waals surface area contributed by atoms with E-state index in [1.54, 1.807) is 12.5 Å². The fraction of sp³-hybridized carbons (Fsp3) is 0.727. The molecule has 2 rings (SSSR count). The number of hydrogen-bond donors (Lipinski definition) is 1. The van der Waals surface area contributed by atoms with Gasteiger partial charge in [0.05, 0.1) is 30.9 Å². The molecule has 0 amide bonds. The Morgan fingerprint density at radius 2 is 2.33 bits per heavy atom. The van der Waals surface area contributed by atoms with Crippen molar-refractivity contribution in [3.8, 4) is 0 Å². The minimum atomic E-state index is -0.560. The Morgan fingerprint density at radius 1 is 1.60 bits per heavy atom. The van der Waals surface area contributed by atoms with Gasteiger partial charge < -0.3 is 14.4 Å². The molecule has 0 saturated heterocycles. The largest absolute Gasteiger partial charge is 0.384 e. The molecule has 0 radical (unpaired) electrons. The molecule has 1 heterocycles. The van der Waals surface area contributed by atoms with Gasteiger partial charge in [-0.05, 0) is 26.7 Å². The highest BCUT2D eigenvalue weighted by molar-refractivity contribution is 5.06. The topological polar surface area (TPSA) is 47.3 Å². The van der Waals surface area contributed by atoms with Crippen molar-refractivity contribution in [2.45, 2.75) is 44.9 Å². The molecular formula is C11H18N2O2. The highest BCUT2D eigenvalue weighted by atomic mass is 16.5. The van der Waals surface area contributed by atoms with Crippen molar-refractivity contribution in [3.05, 3.63) is 18.2 Å². The van der Waals surface area contributed by atoms with E-state index in [9.17, 15) is 5.11 Å². The molecule has 1 fully saturated rings. The summed E-state index contributed by atoms with van der Waals surface area (Å²) in [6.07, 6.45) is 5.51. The molecular weight excluding hydrogens is 192 g/mol. The first-order valence-corrected chi connectivity index (χ1v) is 5.50. The minimum absolute atomic E-state index is 0.150. The molecule has 1 aromatic rings. The van der Waals surface area contributed by atoms with Gasteiger partial charge in [0.25, 0.3) is 0 Å². The van der Waals surface area contributed by atoms with Crippen molar-refractivity contribution < 1.29 is 9.84 Å². The van der Waals surface area contributed by atoms with Crippen LogP contribution in [0, 0.1) is 0 Å². The highest BCUT2D eigenvalue weighted by Gasteiger charge is 2.27. The summed E-state index contributed by atoms with van der Waals surface area (Å²) in [5, 5.41) is 9.93. The van der Waals surface area contributed by atoms with Crippen molar-refractivity contribution in [1.29, 1.82) is 0 Å². The molecule has 0 spiro atoms. The quantitative estimate of drug-likeness (QED) is 0.804. The van der Waals surface area contributed by atoms with Gasteiger partial charge in [0.15, 0.2) is 0 Å². The maximum atomic E-state index is 9.93. The van der Waals surface area contributed by atoms with E-state index in [-0.39, 0.29) is 6.10 Å². The number of hydrogen-bond acceptors (Lipinski definition) is 3. The first-order chi connectivity index (χ1) is 7.18. The first-order valence-electron chi connectivity index (χ1n) is 5.50. The Bertz CT molecular complexity index is 318. The van der Waals surface area contributed by atoms with Crippen LogP contribution >= 0.6 is 0 Å². The van der Waals surface area contributed by atoms with Gasteiger partial charge in [-0.2, -0.15) is 0 Å². The predicted octanol–water partition coefficient (Wildman–Crippen LogP) is 1.68. The molecule has 1 aliphatic rings. The summed E-state index contributed by atoms with van der Waals surface area (Å²) in [4.78, 5) is 4.08. The second kappa shape index (κ2) is 4.33. The molecule has 4 heteroatoms. The molecule has 0 bridgehead atoms. The fourth-order valence-corrected chi connectivity index (χ4v) is 1.60.